The van der Waals surface area contributed by atoms with E-state index in [1.807, 2.05) is 41.2 Å². The van der Waals surface area contributed by atoms with E-state index >= 15 is 0 Å². The minimum Gasteiger partial charge on any atom is -0.496 e. The average molecular weight is 334 g/mol. The molecule has 104 valence electrons. The molecule has 2 aromatic rings. The number of benzene rings is 1. The number of aromatic nitrogens is 1. The Kier molecular flexibility index (Phi) is 3.66. The molecule has 0 amide bonds. The minimum absolute atomic E-state index is 0.279. The first-order chi connectivity index (χ1) is 9.67. The van der Waals surface area contributed by atoms with Crippen molar-refractivity contribution >= 4 is 21.7 Å². The van der Waals surface area contributed by atoms with E-state index in [-0.39, 0.29) is 5.92 Å². The zero-order chi connectivity index (χ0) is 14.1. The number of carbonyl (C=O) groups is 1. The molecule has 1 aromatic heterocycles. The molecule has 0 spiro atoms. The van der Waals surface area contributed by atoms with Gasteiger partial charge in [0.2, 0.25) is 0 Å². The lowest BCUT2D eigenvalue weighted by atomic mass is 10.1. The molecule has 0 bridgehead atoms. The van der Waals surface area contributed by atoms with Gasteiger partial charge in [-0.2, -0.15) is 0 Å². The second-order valence-corrected chi connectivity index (χ2v) is 6.03. The number of carbonyl (C=O) groups excluding carboxylic acids is 1. The van der Waals surface area contributed by atoms with Crippen LogP contribution in [0.1, 0.15) is 28.8 Å². The Labute approximate surface area is 126 Å². The molecule has 0 aliphatic heterocycles. The quantitative estimate of drug-likeness (QED) is 0.777. The minimum atomic E-state index is 0.279. The van der Waals surface area contributed by atoms with E-state index in [9.17, 15) is 4.79 Å². The highest BCUT2D eigenvalue weighted by Crippen LogP contribution is 2.32. The van der Waals surface area contributed by atoms with Crippen LogP contribution in [0, 0.1) is 5.92 Å². The maximum absolute atomic E-state index is 12.0. The van der Waals surface area contributed by atoms with Crippen LogP contribution < -0.4 is 4.74 Å². The van der Waals surface area contributed by atoms with Crippen LogP contribution in [0.5, 0.6) is 5.75 Å². The third-order valence-electron chi connectivity index (χ3n) is 3.56. The third-order valence-corrected chi connectivity index (χ3v) is 4.18. The number of ketones is 1. The summed E-state index contributed by atoms with van der Waals surface area (Å²) in [5.74, 6) is 1.39. The fourth-order valence-corrected chi connectivity index (χ4v) is 2.87. The van der Waals surface area contributed by atoms with E-state index in [4.69, 9.17) is 4.74 Å². The smallest absolute Gasteiger partial charge is 0.167 e. The Balaban J connectivity index is 1.74. The summed E-state index contributed by atoms with van der Waals surface area (Å²) in [5, 5.41) is 0. The predicted octanol–water partition coefficient (Wildman–Crippen LogP) is 3.90. The highest BCUT2D eigenvalue weighted by molar-refractivity contribution is 9.10. The van der Waals surface area contributed by atoms with Crippen LogP contribution in [0.25, 0.3) is 0 Å². The number of ether oxygens (including phenoxy) is 1. The number of hydrogen-bond donors (Lipinski definition) is 0. The summed E-state index contributed by atoms with van der Waals surface area (Å²) in [7, 11) is 1.65. The van der Waals surface area contributed by atoms with Crippen LogP contribution >= 0.6 is 15.9 Å². The zero-order valence-corrected chi connectivity index (χ0v) is 12.9. The fraction of sp³-hybridized carbons (Fsp3) is 0.312. The standard InChI is InChI=1S/C16H16BrNO2/c1-20-15-5-2-11(8-14(15)17)9-18-7-6-13(10-18)16(19)12-3-4-12/h2,5-8,10,12H,3-4,9H2,1H3. The van der Waals surface area contributed by atoms with Gasteiger partial charge in [-0.15, -0.1) is 0 Å². The number of Topliss-reactive ketones (excluding diaryl/α,β-unsaturated/α-hetero) is 1. The highest BCUT2D eigenvalue weighted by atomic mass is 79.9. The molecule has 20 heavy (non-hydrogen) atoms. The van der Waals surface area contributed by atoms with Crippen molar-refractivity contribution in [1.82, 2.24) is 4.57 Å². The summed E-state index contributed by atoms with van der Waals surface area (Å²) in [5.41, 5.74) is 2.00. The SMILES string of the molecule is COc1ccc(Cn2ccc(C(=O)C3CC3)c2)cc1Br. The second kappa shape index (κ2) is 5.44. The van der Waals surface area contributed by atoms with Gasteiger partial charge in [0.25, 0.3) is 0 Å². The van der Waals surface area contributed by atoms with E-state index in [0.29, 0.717) is 5.78 Å². The molecule has 0 saturated heterocycles. The van der Waals surface area contributed by atoms with E-state index in [1.165, 1.54) is 5.56 Å². The topological polar surface area (TPSA) is 31.2 Å². The summed E-state index contributed by atoms with van der Waals surface area (Å²) < 4.78 is 8.21. The average Bonchev–Trinajstić information content (AvgIpc) is 3.19. The summed E-state index contributed by atoms with van der Waals surface area (Å²) >= 11 is 3.49. The molecule has 1 aromatic carbocycles. The first-order valence-electron chi connectivity index (χ1n) is 6.70. The van der Waals surface area contributed by atoms with Gasteiger partial charge in [0, 0.05) is 30.4 Å². The largest absolute Gasteiger partial charge is 0.496 e. The van der Waals surface area contributed by atoms with Gasteiger partial charge < -0.3 is 9.30 Å². The number of halogens is 1. The van der Waals surface area contributed by atoms with Crippen LogP contribution in [-0.4, -0.2) is 17.5 Å². The second-order valence-electron chi connectivity index (χ2n) is 5.18. The lowest BCUT2D eigenvalue weighted by Gasteiger charge is -2.07. The van der Waals surface area contributed by atoms with Gasteiger partial charge >= 0.3 is 0 Å². The van der Waals surface area contributed by atoms with E-state index in [0.717, 1.165) is 35.2 Å². The van der Waals surface area contributed by atoms with Crippen molar-refractivity contribution in [2.75, 3.05) is 7.11 Å². The maximum Gasteiger partial charge on any atom is 0.167 e. The van der Waals surface area contributed by atoms with Crippen molar-refractivity contribution in [1.29, 1.82) is 0 Å². The Morgan fingerprint density at radius 3 is 2.85 bits per heavy atom. The molecular formula is C16H16BrNO2. The van der Waals surface area contributed by atoms with Gasteiger partial charge in [0.1, 0.15) is 5.75 Å². The molecule has 1 heterocycles. The number of rotatable bonds is 5. The molecular weight excluding hydrogens is 318 g/mol. The summed E-state index contributed by atoms with van der Waals surface area (Å²) in [6.45, 7) is 0.751. The van der Waals surface area contributed by atoms with E-state index in [1.54, 1.807) is 7.11 Å². The van der Waals surface area contributed by atoms with Crippen molar-refractivity contribution in [2.45, 2.75) is 19.4 Å². The van der Waals surface area contributed by atoms with Crippen molar-refractivity contribution in [3.8, 4) is 5.75 Å². The van der Waals surface area contributed by atoms with Gasteiger partial charge in [-0.25, -0.2) is 0 Å². The normalized spacial score (nSPS) is 14.3. The summed E-state index contributed by atoms with van der Waals surface area (Å²) in [6, 6.07) is 7.94. The Hall–Kier alpha value is -1.55. The van der Waals surface area contributed by atoms with Crippen LogP contribution in [0.15, 0.2) is 41.1 Å². The number of methoxy groups -OCH3 is 1. The first-order valence-corrected chi connectivity index (χ1v) is 7.49. The Bertz CT molecular complexity index is 644. The Morgan fingerprint density at radius 2 is 2.20 bits per heavy atom. The summed E-state index contributed by atoms with van der Waals surface area (Å²) in [4.78, 5) is 12.0. The first kappa shape index (κ1) is 13.4. The fourth-order valence-electron chi connectivity index (χ4n) is 2.29. The third kappa shape index (κ3) is 2.80. The van der Waals surface area contributed by atoms with Gasteiger partial charge in [-0.1, -0.05) is 6.07 Å². The van der Waals surface area contributed by atoms with Crippen molar-refractivity contribution < 1.29 is 9.53 Å². The molecule has 4 heteroatoms. The predicted molar refractivity (Wildman–Crippen MR) is 81.3 cm³/mol. The van der Waals surface area contributed by atoms with Crippen molar-refractivity contribution in [3.05, 3.63) is 52.3 Å². The van der Waals surface area contributed by atoms with Gasteiger partial charge in [-0.3, -0.25) is 4.79 Å². The van der Waals surface area contributed by atoms with Gasteiger partial charge in [0.15, 0.2) is 5.78 Å². The van der Waals surface area contributed by atoms with Crippen LogP contribution in [-0.2, 0) is 6.54 Å². The lowest BCUT2D eigenvalue weighted by Crippen LogP contribution is -2.01. The molecule has 0 radical (unpaired) electrons. The van der Waals surface area contributed by atoms with Crippen LogP contribution in [0.2, 0.25) is 0 Å². The molecule has 3 nitrogen and oxygen atoms in total. The molecule has 0 atom stereocenters. The van der Waals surface area contributed by atoms with Crippen molar-refractivity contribution in [3.63, 3.8) is 0 Å². The summed E-state index contributed by atoms with van der Waals surface area (Å²) in [6.07, 6.45) is 6.01. The van der Waals surface area contributed by atoms with Gasteiger partial charge in [-0.05, 0) is 52.5 Å². The van der Waals surface area contributed by atoms with Crippen molar-refractivity contribution in [2.24, 2.45) is 5.92 Å². The molecule has 1 aliphatic carbocycles. The number of hydrogen-bond acceptors (Lipinski definition) is 2. The maximum atomic E-state index is 12.0. The lowest BCUT2D eigenvalue weighted by molar-refractivity contribution is 0.0967. The molecule has 3 rings (SSSR count). The number of nitrogens with zero attached hydrogens (tertiary/aromatic N) is 1. The molecule has 1 saturated carbocycles. The monoisotopic (exact) mass is 333 g/mol. The Morgan fingerprint density at radius 1 is 1.40 bits per heavy atom. The van der Waals surface area contributed by atoms with Crippen LogP contribution in [0.4, 0.5) is 0 Å². The molecule has 0 N–H and O–H groups in total. The van der Waals surface area contributed by atoms with E-state index < -0.39 is 0 Å². The molecule has 1 aliphatic rings. The van der Waals surface area contributed by atoms with Gasteiger partial charge in [0.05, 0.1) is 11.6 Å². The molecule has 0 unspecified atom stereocenters. The van der Waals surface area contributed by atoms with Crippen LogP contribution in [0.3, 0.4) is 0 Å². The zero-order valence-electron chi connectivity index (χ0n) is 11.3. The van der Waals surface area contributed by atoms with E-state index in [2.05, 4.69) is 15.9 Å². The molecule has 1 fully saturated rings. The highest BCUT2D eigenvalue weighted by Gasteiger charge is 2.30.